The van der Waals surface area contributed by atoms with E-state index in [1.807, 2.05) is 0 Å². The molecule has 0 bridgehead atoms. The van der Waals surface area contributed by atoms with E-state index in [1.165, 1.54) is 49.0 Å². The van der Waals surface area contributed by atoms with E-state index in [1.54, 1.807) is 13.3 Å². The Kier molecular flexibility index (Phi) is 9.21. The summed E-state index contributed by atoms with van der Waals surface area (Å²) in [4.78, 5) is 27.3. The summed E-state index contributed by atoms with van der Waals surface area (Å²) in [6, 6.07) is 5.85. The predicted molar refractivity (Wildman–Crippen MR) is 124 cm³/mol. The van der Waals surface area contributed by atoms with Crippen molar-refractivity contribution in [1.82, 2.24) is 20.2 Å². The largest absolute Gasteiger partial charge is 0.387 e. The van der Waals surface area contributed by atoms with Gasteiger partial charge >= 0.3 is 0 Å². The number of rotatable bonds is 13. The van der Waals surface area contributed by atoms with E-state index in [9.17, 15) is 13.2 Å². The Balaban J connectivity index is 1.79. The van der Waals surface area contributed by atoms with Crippen LogP contribution in [0.4, 0.5) is 5.13 Å². The molecule has 1 aromatic carbocycles. The number of amides is 1. The first-order valence-corrected chi connectivity index (χ1v) is 12.5. The number of sulfone groups is 1. The van der Waals surface area contributed by atoms with Crippen molar-refractivity contribution in [2.45, 2.75) is 24.5 Å². The van der Waals surface area contributed by atoms with Crippen LogP contribution in [0.15, 0.2) is 46.8 Å². The lowest BCUT2D eigenvalue weighted by Gasteiger charge is -2.08. The van der Waals surface area contributed by atoms with Crippen molar-refractivity contribution in [3.8, 4) is 0 Å². The molecule has 182 valence electrons. The summed E-state index contributed by atoms with van der Waals surface area (Å²) in [5, 5.41) is 13.3. The van der Waals surface area contributed by atoms with Crippen LogP contribution in [-0.4, -0.2) is 66.8 Å². The lowest BCUT2D eigenvalue weighted by atomic mass is 10.1. The Morgan fingerprint density at radius 1 is 1.15 bits per heavy atom. The van der Waals surface area contributed by atoms with Crippen molar-refractivity contribution < 1.29 is 27.5 Å². The van der Waals surface area contributed by atoms with Gasteiger partial charge in [0.25, 0.3) is 5.91 Å². The van der Waals surface area contributed by atoms with Crippen molar-refractivity contribution in [3.63, 3.8) is 0 Å². The molecule has 14 heteroatoms. The molecule has 0 unspecified atom stereocenters. The minimum atomic E-state index is -3.48. The molecule has 2 aromatic heterocycles. The Labute approximate surface area is 200 Å². The minimum absolute atomic E-state index is 0.0437. The number of H-pyrrole nitrogens is 1. The van der Waals surface area contributed by atoms with Crippen LogP contribution in [0.5, 0.6) is 0 Å². The van der Waals surface area contributed by atoms with Crippen LogP contribution < -0.4 is 5.32 Å². The summed E-state index contributed by atoms with van der Waals surface area (Å²) >= 11 is 1.26. The van der Waals surface area contributed by atoms with Crippen molar-refractivity contribution in [2.24, 2.45) is 5.16 Å². The van der Waals surface area contributed by atoms with Gasteiger partial charge in [0.05, 0.1) is 22.1 Å². The van der Waals surface area contributed by atoms with Crippen LogP contribution in [0, 0.1) is 0 Å². The van der Waals surface area contributed by atoms with Crippen LogP contribution in [0.1, 0.15) is 22.7 Å². The normalized spacial score (nSPS) is 12.0. The number of oxime groups is 1. The van der Waals surface area contributed by atoms with Gasteiger partial charge in [-0.2, -0.15) is 5.10 Å². The first-order valence-electron chi connectivity index (χ1n) is 10.0. The molecule has 2 N–H and O–H groups in total. The second kappa shape index (κ2) is 12.3. The SMILES string of the molecule is COCCCS(=O)(=O)c1ccc(C(=NOCc2ncn[nH]2)C(=O)Nc2ncc(COC)s2)cc1. The van der Waals surface area contributed by atoms with Gasteiger partial charge in [0.1, 0.15) is 6.33 Å². The number of methoxy groups -OCH3 is 2. The van der Waals surface area contributed by atoms with Crippen LogP contribution in [0.25, 0.3) is 0 Å². The van der Waals surface area contributed by atoms with Gasteiger partial charge in [0.2, 0.25) is 0 Å². The molecule has 0 atom stereocenters. The summed E-state index contributed by atoms with van der Waals surface area (Å²) in [6.07, 6.45) is 3.30. The number of nitrogens with zero attached hydrogens (tertiary/aromatic N) is 4. The Hall–Kier alpha value is -3.20. The molecule has 3 rings (SSSR count). The van der Waals surface area contributed by atoms with E-state index < -0.39 is 15.7 Å². The molecule has 0 aliphatic heterocycles. The number of hydrogen-bond acceptors (Lipinski definition) is 11. The molecule has 12 nitrogen and oxygen atoms in total. The summed E-state index contributed by atoms with van der Waals surface area (Å²) < 4.78 is 35.0. The minimum Gasteiger partial charge on any atom is -0.387 e. The molecule has 1 amide bonds. The number of ether oxygens (including phenoxy) is 2. The van der Waals surface area contributed by atoms with Crippen molar-refractivity contribution in [1.29, 1.82) is 0 Å². The fourth-order valence-corrected chi connectivity index (χ4v) is 4.81. The van der Waals surface area contributed by atoms with Crippen LogP contribution in [0.2, 0.25) is 0 Å². The molecule has 0 fully saturated rings. The molecule has 34 heavy (non-hydrogen) atoms. The number of carbonyl (C=O) groups excluding carboxylic acids is 1. The highest BCUT2D eigenvalue weighted by Gasteiger charge is 2.20. The number of hydrogen-bond donors (Lipinski definition) is 2. The van der Waals surface area contributed by atoms with Gasteiger partial charge in [0.15, 0.2) is 33.1 Å². The summed E-state index contributed by atoms with van der Waals surface area (Å²) in [5.74, 6) is -0.202. The van der Waals surface area contributed by atoms with E-state index in [2.05, 4.69) is 30.6 Å². The van der Waals surface area contributed by atoms with Crippen LogP contribution >= 0.6 is 11.3 Å². The highest BCUT2D eigenvalue weighted by atomic mass is 32.2. The Morgan fingerprint density at radius 2 is 1.94 bits per heavy atom. The number of aromatic nitrogens is 4. The van der Waals surface area contributed by atoms with Gasteiger partial charge in [-0.25, -0.2) is 18.4 Å². The first kappa shape index (κ1) is 25.4. The highest BCUT2D eigenvalue weighted by Crippen LogP contribution is 2.20. The molecular formula is C20H24N6O6S2. The number of anilines is 1. The molecule has 0 spiro atoms. The number of thiazole rings is 1. The van der Waals surface area contributed by atoms with E-state index in [4.69, 9.17) is 14.3 Å². The number of nitrogens with one attached hydrogen (secondary N) is 2. The third kappa shape index (κ3) is 7.15. The third-order valence-corrected chi connectivity index (χ3v) is 7.05. The van der Waals surface area contributed by atoms with Crippen molar-refractivity contribution in [2.75, 3.05) is 31.9 Å². The summed E-state index contributed by atoms with van der Waals surface area (Å²) in [6.45, 7) is 0.673. The van der Waals surface area contributed by atoms with Gasteiger partial charge in [0, 0.05) is 32.6 Å². The van der Waals surface area contributed by atoms with Gasteiger partial charge < -0.3 is 14.3 Å². The van der Waals surface area contributed by atoms with Gasteiger partial charge in [-0.05, 0) is 18.6 Å². The maximum atomic E-state index is 13.0. The van der Waals surface area contributed by atoms with Crippen LogP contribution in [-0.2, 0) is 42.2 Å². The molecule has 0 radical (unpaired) electrons. The zero-order valence-electron chi connectivity index (χ0n) is 18.6. The standard InChI is InChI=1S/C20H24N6O6S2/c1-30-8-3-9-34(28,29)16-6-4-14(5-7-16)18(26-32-12-17-22-13-23-25-17)19(27)24-20-21-10-15(33-20)11-31-2/h4-7,10,13H,3,8-9,11-12H2,1-2H3,(H,21,24,27)(H,22,23,25). The fraction of sp³-hybridized carbons (Fsp3) is 0.350. The van der Waals surface area contributed by atoms with E-state index in [-0.39, 0.29) is 23.0 Å². The first-order chi connectivity index (χ1) is 16.4. The lowest BCUT2D eigenvalue weighted by molar-refractivity contribution is -0.110. The van der Waals surface area contributed by atoms with Gasteiger partial charge in [-0.1, -0.05) is 28.6 Å². The maximum absolute atomic E-state index is 13.0. The van der Waals surface area contributed by atoms with Crippen molar-refractivity contribution >= 4 is 37.9 Å². The molecule has 0 saturated heterocycles. The van der Waals surface area contributed by atoms with E-state index in [0.717, 1.165) is 4.88 Å². The van der Waals surface area contributed by atoms with Gasteiger partial charge in [-0.15, -0.1) is 0 Å². The summed E-state index contributed by atoms with van der Waals surface area (Å²) in [7, 11) is -0.403. The number of carbonyl (C=O) groups is 1. The fourth-order valence-electron chi connectivity index (χ4n) is 2.75. The monoisotopic (exact) mass is 508 g/mol. The quantitative estimate of drug-likeness (QED) is 0.199. The predicted octanol–water partition coefficient (Wildman–Crippen LogP) is 1.78. The average Bonchev–Trinajstić information content (AvgIpc) is 3.49. The van der Waals surface area contributed by atoms with E-state index in [0.29, 0.717) is 36.2 Å². The average molecular weight is 509 g/mol. The third-order valence-electron chi connectivity index (χ3n) is 4.35. The van der Waals surface area contributed by atoms with Crippen molar-refractivity contribution in [3.05, 3.63) is 53.1 Å². The second-order valence-corrected chi connectivity index (χ2v) is 10.1. The molecule has 0 saturated carbocycles. The highest BCUT2D eigenvalue weighted by molar-refractivity contribution is 7.91. The topological polar surface area (TPSA) is 158 Å². The molecule has 2 heterocycles. The number of benzene rings is 1. The second-order valence-electron chi connectivity index (χ2n) is 6.85. The van der Waals surface area contributed by atoms with Gasteiger partial charge in [-0.3, -0.25) is 15.2 Å². The lowest BCUT2D eigenvalue weighted by Crippen LogP contribution is -2.24. The Morgan fingerprint density at radius 3 is 2.62 bits per heavy atom. The molecule has 0 aliphatic rings. The molecule has 0 aliphatic carbocycles. The molecular weight excluding hydrogens is 484 g/mol. The molecule has 3 aromatic rings. The Bertz CT molecular complexity index is 1190. The summed E-state index contributed by atoms with van der Waals surface area (Å²) in [5.41, 5.74) is 0.297. The zero-order valence-corrected chi connectivity index (χ0v) is 20.2. The van der Waals surface area contributed by atoms with Crippen LogP contribution in [0.3, 0.4) is 0 Å². The number of aromatic amines is 1. The maximum Gasteiger partial charge on any atom is 0.280 e. The van der Waals surface area contributed by atoms with E-state index >= 15 is 0 Å². The smallest absolute Gasteiger partial charge is 0.280 e. The zero-order chi connectivity index (χ0) is 24.4.